The number of unbranched alkanes of at least 4 members (excludes halogenated alkanes) is 1. The summed E-state index contributed by atoms with van der Waals surface area (Å²) in [5, 5.41) is 15.6. The van der Waals surface area contributed by atoms with Gasteiger partial charge in [0.15, 0.2) is 0 Å². The van der Waals surface area contributed by atoms with Crippen LogP contribution in [0.2, 0.25) is 0 Å². The van der Waals surface area contributed by atoms with Gasteiger partial charge in [0.25, 0.3) is 5.91 Å². The Morgan fingerprint density at radius 2 is 2.00 bits per heavy atom. The summed E-state index contributed by atoms with van der Waals surface area (Å²) in [7, 11) is 1.46. The van der Waals surface area contributed by atoms with Gasteiger partial charge < -0.3 is 20.5 Å². The van der Waals surface area contributed by atoms with Gasteiger partial charge in [-0.1, -0.05) is 24.3 Å². The summed E-state index contributed by atoms with van der Waals surface area (Å²) in [4.78, 5) is 31.0. The number of pyridine rings is 1. The van der Waals surface area contributed by atoms with E-state index < -0.39 is 23.6 Å². The first-order chi connectivity index (χ1) is 17.8. The van der Waals surface area contributed by atoms with E-state index in [9.17, 15) is 14.7 Å². The predicted octanol–water partition coefficient (Wildman–Crippen LogP) is 3.71. The molecule has 3 N–H and O–H groups in total. The van der Waals surface area contributed by atoms with Crippen molar-refractivity contribution in [3.63, 3.8) is 0 Å². The Morgan fingerprint density at radius 3 is 2.73 bits per heavy atom. The molecule has 1 aromatic carbocycles. The SMILES string of the molecule is COCC(C)(F)CN(CCCCc1ccc2c(n1)NCCC2)CC[C@H](NC(=O)c1ccccc1)C(=O)O. The Balaban J connectivity index is 1.55. The van der Waals surface area contributed by atoms with Gasteiger partial charge in [-0.05, 0) is 75.8 Å². The second-order valence-corrected chi connectivity index (χ2v) is 9.94. The Bertz CT molecular complexity index is 1020. The van der Waals surface area contributed by atoms with Gasteiger partial charge >= 0.3 is 5.97 Å². The number of ether oxygens (including phenoxy) is 1. The number of carbonyl (C=O) groups is 2. The van der Waals surface area contributed by atoms with Gasteiger partial charge in [-0.15, -0.1) is 0 Å². The molecular formula is C28H39FN4O4. The van der Waals surface area contributed by atoms with Crippen LogP contribution in [0.5, 0.6) is 0 Å². The van der Waals surface area contributed by atoms with Gasteiger partial charge in [0.2, 0.25) is 0 Å². The van der Waals surface area contributed by atoms with E-state index in [1.54, 1.807) is 30.3 Å². The minimum Gasteiger partial charge on any atom is -0.480 e. The molecule has 0 aliphatic carbocycles. The van der Waals surface area contributed by atoms with E-state index in [1.807, 2.05) is 4.90 Å². The molecule has 0 spiro atoms. The molecule has 0 radical (unpaired) electrons. The highest BCUT2D eigenvalue weighted by atomic mass is 19.1. The summed E-state index contributed by atoms with van der Waals surface area (Å²) >= 11 is 0. The zero-order chi connectivity index (χ0) is 26.7. The van der Waals surface area contributed by atoms with E-state index in [0.29, 0.717) is 18.7 Å². The molecule has 2 atom stereocenters. The lowest BCUT2D eigenvalue weighted by molar-refractivity contribution is -0.139. The van der Waals surface area contributed by atoms with Crippen molar-refractivity contribution in [3.8, 4) is 0 Å². The second kappa shape index (κ2) is 14.0. The van der Waals surface area contributed by atoms with E-state index in [1.165, 1.54) is 19.6 Å². The normalized spacial score (nSPS) is 15.4. The molecule has 1 aliphatic rings. The minimum absolute atomic E-state index is 0.0529. The Kier molecular flexibility index (Phi) is 10.8. The Morgan fingerprint density at radius 1 is 1.22 bits per heavy atom. The lowest BCUT2D eigenvalue weighted by atomic mass is 10.1. The Labute approximate surface area is 218 Å². The lowest BCUT2D eigenvalue weighted by Crippen LogP contribution is -2.46. The number of aliphatic carboxylic acids is 1. The largest absolute Gasteiger partial charge is 0.480 e. The van der Waals surface area contributed by atoms with Crippen LogP contribution in [0.1, 0.15) is 54.2 Å². The third-order valence-electron chi connectivity index (χ3n) is 6.48. The van der Waals surface area contributed by atoms with Gasteiger partial charge in [-0.25, -0.2) is 14.2 Å². The zero-order valence-electron chi connectivity index (χ0n) is 21.8. The Hall–Kier alpha value is -3.04. The third kappa shape index (κ3) is 9.40. The summed E-state index contributed by atoms with van der Waals surface area (Å²) in [6, 6.07) is 11.6. The summed E-state index contributed by atoms with van der Waals surface area (Å²) < 4.78 is 20.1. The van der Waals surface area contributed by atoms with Gasteiger partial charge in [0.1, 0.15) is 17.5 Å². The number of anilines is 1. The average Bonchev–Trinajstić information content (AvgIpc) is 2.88. The fourth-order valence-electron chi connectivity index (χ4n) is 4.63. The first-order valence-electron chi connectivity index (χ1n) is 13.0. The van der Waals surface area contributed by atoms with Crippen LogP contribution >= 0.6 is 0 Å². The van der Waals surface area contributed by atoms with Gasteiger partial charge in [0.05, 0.1) is 6.61 Å². The second-order valence-electron chi connectivity index (χ2n) is 9.94. The molecule has 37 heavy (non-hydrogen) atoms. The van der Waals surface area contributed by atoms with Crippen LogP contribution in [-0.2, 0) is 22.4 Å². The molecular weight excluding hydrogens is 475 g/mol. The van der Waals surface area contributed by atoms with Crippen molar-refractivity contribution < 1.29 is 23.8 Å². The van der Waals surface area contributed by atoms with Crippen molar-refractivity contribution in [2.24, 2.45) is 0 Å². The minimum atomic E-state index is -1.58. The number of benzene rings is 1. The summed E-state index contributed by atoms with van der Waals surface area (Å²) in [6.45, 7) is 3.43. The van der Waals surface area contributed by atoms with Crippen LogP contribution < -0.4 is 10.6 Å². The molecule has 1 unspecified atom stereocenters. The number of aryl methyl sites for hydroxylation is 2. The molecule has 9 heteroatoms. The summed E-state index contributed by atoms with van der Waals surface area (Å²) in [5.74, 6) is -0.576. The number of amides is 1. The van der Waals surface area contributed by atoms with Crippen molar-refractivity contribution in [1.29, 1.82) is 0 Å². The van der Waals surface area contributed by atoms with Crippen LogP contribution in [0, 0.1) is 0 Å². The van der Waals surface area contributed by atoms with E-state index in [0.717, 1.165) is 50.2 Å². The topological polar surface area (TPSA) is 104 Å². The predicted molar refractivity (Wildman–Crippen MR) is 142 cm³/mol. The maximum Gasteiger partial charge on any atom is 0.326 e. The molecule has 2 aromatic rings. The van der Waals surface area contributed by atoms with Crippen molar-refractivity contribution >= 4 is 17.7 Å². The molecule has 1 amide bonds. The van der Waals surface area contributed by atoms with Crippen molar-refractivity contribution in [2.75, 3.05) is 45.2 Å². The molecule has 1 aromatic heterocycles. The van der Waals surface area contributed by atoms with Gasteiger partial charge in [0, 0.05) is 38.0 Å². The molecule has 0 bridgehead atoms. The number of carboxylic acids is 1. The van der Waals surface area contributed by atoms with Crippen LogP contribution in [0.3, 0.4) is 0 Å². The maximum atomic E-state index is 15.0. The first-order valence-corrected chi connectivity index (χ1v) is 13.0. The number of alkyl halides is 1. The van der Waals surface area contributed by atoms with E-state index in [2.05, 4.69) is 22.8 Å². The number of carboxylic acid groups (broad SMARTS) is 1. The summed E-state index contributed by atoms with van der Waals surface area (Å²) in [6.07, 6.45) is 4.84. The van der Waals surface area contributed by atoms with E-state index in [4.69, 9.17) is 9.72 Å². The molecule has 0 saturated heterocycles. The standard InChI is InChI=1S/C28H39FN4O4/c1-28(29,20-37-2)19-33(17-7-6-12-23-14-13-21-11-8-16-30-25(21)31-23)18-15-24(27(35)36)32-26(34)22-9-4-3-5-10-22/h3-5,9-10,13-14,24H,6-8,11-12,15-20H2,1-2H3,(H,30,31)(H,32,34)(H,35,36)/t24-,28?/m0/s1. The lowest BCUT2D eigenvalue weighted by Gasteiger charge is -2.30. The number of hydrogen-bond acceptors (Lipinski definition) is 6. The fourth-order valence-corrected chi connectivity index (χ4v) is 4.63. The number of aromatic nitrogens is 1. The highest BCUT2D eigenvalue weighted by Crippen LogP contribution is 2.20. The number of methoxy groups -OCH3 is 1. The molecule has 1 aliphatic heterocycles. The van der Waals surface area contributed by atoms with E-state index >= 15 is 4.39 Å². The highest BCUT2D eigenvalue weighted by molar-refractivity contribution is 5.96. The molecule has 202 valence electrons. The van der Waals surface area contributed by atoms with Crippen LogP contribution in [0.25, 0.3) is 0 Å². The molecule has 3 rings (SSSR count). The highest BCUT2D eigenvalue weighted by Gasteiger charge is 2.28. The molecule has 0 saturated carbocycles. The molecule has 2 heterocycles. The number of rotatable bonds is 15. The quantitative estimate of drug-likeness (QED) is 0.311. The number of hydrogen-bond donors (Lipinski definition) is 3. The maximum absolute atomic E-state index is 15.0. The van der Waals surface area contributed by atoms with Gasteiger partial charge in [-0.2, -0.15) is 0 Å². The van der Waals surface area contributed by atoms with Crippen molar-refractivity contribution in [2.45, 2.75) is 57.2 Å². The van der Waals surface area contributed by atoms with Crippen LogP contribution in [0.4, 0.5) is 10.2 Å². The van der Waals surface area contributed by atoms with Crippen molar-refractivity contribution in [3.05, 3.63) is 59.3 Å². The monoisotopic (exact) mass is 514 g/mol. The van der Waals surface area contributed by atoms with Crippen molar-refractivity contribution in [1.82, 2.24) is 15.2 Å². The third-order valence-corrected chi connectivity index (χ3v) is 6.48. The van der Waals surface area contributed by atoms with E-state index in [-0.39, 0.29) is 19.6 Å². The molecule has 8 nitrogen and oxygen atoms in total. The summed E-state index contributed by atoms with van der Waals surface area (Å²) in [5.41, 5.74) is 1.11. The number of nitrogens with one attached hydrogen (secondary N) is 2. The zero-order valence-corrected chi connectivity index (χ0v) is 21.8. The smallest absolute Gasteiger partial charge is 0.326 e. The number of halogens is 1. The average molecular weight is 515 g/mol. The first kappa shape index (κ1) is 28.5. The molecule has 0 fully saturated rings. The number of nitrogens with zero attached hydrogens (tertiary/aromatic N) is 2. The van der Waals surface area contributed by atoms with Gasteiger partial charge in [-0.3, -0.25) is 9.69 Å². The number of carbonyl (C=O) groups excluding carboxylic acids is 1. The van der Waals surface area contributed by atoms with Crippen LogP contribution in [-0.4, -0.2) is 78.5 Å². The fraction of sp³-hybridized carbons (Fsp3) is 0.536. The van der Waals surface area contributed by atoms with Crippen LogP contribution in [0.15, 0.2) is 42.5 Å². The number of fused-ring (bicyclic) bond motifs is 1.